The summed E-state index contributed by atoms with van der Waals surface area (Å²) < 4.78 is 84.9. The Morgan fingerprint density at radius 3 is 2.56 bits per heavy atom. The van der Waals surface area contributed by atoms with Crippen LogP contribution in [0.2, 0.25) is 0 Å². The molecule has 0 spiro atoms. The zero-order chi connectivity index (χ0) is 26.1. The molecule has 2 N–H and O–H groups in total. The van der Waals surface area contributed by atoms with Crippen LogP contribution in [-0.4, -0.2) is 49.1 Å². The summed E-state index contributed by atoms with van der Waals surface area (Å²) in [4.78, 5) is 20.6. The molecular weight excluding hydrogens is 498 g/mol. The number of hydrogen-bond donors (Lipinski definition) is 2. The highest BCUT2D eigenvalue weighted by atomic mass is 19.4. The van der Waals surface area contributed by atoms with Crippen LogP contribution in [0, 0.1) is 0 Å². The first-order valence-electron chi connectivity index (χ1n) is 10.6. The van der Waals surface area contributed by atoms with E-state index in [1.165, 1.54) is 0 Å². The number of halogens is 6. The lowest BCUT2D eigenvalue weighted by Crippen LogP contribution is -2.34. The van der Waals surface area contributed by atoms with Crippen molar-refractivity contribution in [1.82, 2.24) is 29.9 Å². The van der Waals surface area contributed by atoms with Crippen molar-refractivity contribution < 1.29 is 31.1 Å². The maximum atomic E-state index is 13.2. The number of aromatic nitrogens is 6. The minimum absolute atomic E-state index is 0.0135. The molecular formula is C20H20F6N8O2. The number of H-pyrrole nitrogens is 1. The van der Waals surface area contributed by atoms with Crippen molar-refractivity contribution in [3.05, 3.63) is 57.7 Å². The van der Waals surface area contributed by atoms with Gasteiger partial charge in [0.1, 0.15) is 11.4 Å². The van der Waals surface area contributed by atoms with Gasteiger partial charge in [0.25, 0.3) is 5.56 Å². The largest absolute Gasteiger partial charge is 0.434 e. The molecule has 0 radical (unpaired) electrons. The van der Waals surface area contributed by atoms with Crippen LogP contribution in [0.25, 0.3) is 0 Å². The summed E-state index contributed by atoms with van der Waals surface area (Å²) in [5, 5.41) is 12.2. The van der Waals surface area contributed by atoms with Crippen molar-refractivity contribution >= 4 is 11.5 Å². The van der Waals surface area contributed by atoms with Crippen molar-refractivity contribution in [3.63, 3.8) is 0 Å². The number of ether oxygens (including phenoxy) is 1. The molecule has 36 heavy (non-hydrogen) atoms. The van der Waals surface area contributed by atoms with Crippen LogP contribution in [0.15, 0.2) is 29.5 Å². The molecule has 0 fully saturated rings. The van der Waals surface area contributed by atoms with E-state index in [0.29, 0.717) is 37.3 Å². The molecule has 194 valence electrons. The van der Waals surface area contributed by atoms with Crippen LogP contribution in [-0.2, 0) is 36.8 Å². The molecule has 3 aromatic heterocycles. The van der Waals surface area contributed by atoms with Crippen LogP contribution in [0.4, 0.5) is 37.8 Å². The normalized spacial score (nSPS) is 15.0. The third-order valence-corrected chi connectivity index (χ3v) is 5.26. The second-order valence-electron chi connectivity index (χ2n) is 8.08. The summed E-state index contributed by atoms with van der Waals surface area (Å²) in [5.41, 5.74) is -2.87. The van der Waals surface area contributed by atoms with Gasteiger partial charge in [-0.25, -0.2) is 15.1 Å². The van der Waals surface area contributed by atoms with Crippen LogP contribution in [0.1, 0.15) is 29.6 Å². The van der Waals surface area contributed by atoms with E-state index in [2.05, 4.69) is 25.5 Å². The Hall–Kier alpha value is -3.69. The Kier molecular flexibility index (Phi) is 6.88. The Morgan fingerprint density at radius 1 is 1.11 bits per heavy atom. The van der Waals surface area contributed by atoms with Crippen LogP contribution >= 0.6 is 0 Å². The van der Waals surface area contributed by atoms with Crippen LogP contribution < -0.4 is 15.8 Å². The van der Waals surface area contributed by atoms with Crippen molar-refractivity contribution in [2.45, 2.75) is 45.0 Å². The Bertz CT molecular complexity index is 1250. The molecule has 1 atom stereocenters. The molecule has 0 saturated heterocycles. The third-order valence-electron chi connectivity index (χ3n) is 5.26. The molecule has 0 aliphatic carbocycles. The minimum atomic E-state index is -4.85. The SMILES string of the molecule is C[C@@H](COCc1cc2n(n1)CCN(c1cnc(C(F)(F)F)cn1)C2)Nc1cn[nH]c(=O)c1C(F)(F)F. The summed E-state index contributed by atoms with van der Waals surface area (Å²) in [6, 6.07) is 1.19. The Morgan fingerprint density at radius 2 is 1.89 bits per heavy atom. The molecule has 1 aliphatic rings. The van der Waals surface area contributed by atoms with Crippen molar-refractivity contribution in [1.29, 1.82) is 0 Å². The molecule has 1 aliphatic heterocycles. The van der Waals surface area contributed by atoms with Gasteiger partial charge in [-0.1, -0.05) is 0 Å². The summed E-state index contributed by atoms with van der Waals surface area (Å²) >= 11 is 0. The average Bonchev–Trinajstić information content (AvgIpc) is 3.19. The molecule has 0 unspecified atom stereocenters. The van der Waals surface area contributed by atoms with E-state index in [4.69, 9.17) is 4.74 Å². The number of anilines is 2. The van der Waals surface area contributed by atoms with Crippen LogP contribution in [0.3, 0.4) is 0 Å². The predicted octanol–water partition coefficient (Wildman–Crippen LogP) is 2.83. The maximum Gasteiger partial charge on any atom is 0.434 e. The van der Waals surface area contributed by atoms with Gasteiger partial charge in [0.2, 0.25) is 0 Å². The summed E-state index contributed by atoms with van der Waals surface area (Å²) in [6.45, 7) is 2.95. The van der Waals surface area contributed by atoms with E-state index in [1.807, 2.05) is 0 Å². The maximum absolute atomic E-state index is 13.2. The van der Waals surface area contributed by atoms with Gasteiger partial charge in [-0.3, -0.25) is 9.48 Å². The van der Waals surface area contributed by atoms with Crippen molar-refractivity contribution in [2.24, 2.45) is 0 Å². The predicted molar refractivity (Wildman–Crippen MR) is 113 cm³/mol. The zero-order valence-electron chi connectivity index (χ0n) is 18.7. The third kappa shape index (κ3) is 5.75. The summed E-state index contributed by atoms with van der Waals surface area (Å²) in [6.07, 6.45) is -6.77. The van der Waals surface area contributed by atoms with E-state index in [1.54, 1.807) is 27.7 Å². The first-order valence-corrected chi connectivity index (χ1v) is 10.6. The summed E-state index contributed by atoms with van der Waals surface area (Å²) in [5.74, 6) is 0.306. The lowest BCUT2D eigenvalue weighted by molar-refractivity contribution is -0.141. The van der Waals surface area contributed by atoms with E-state index < -0.39 is 40.9 Å². The molecule has 0 bridgehead atoms. The van der Waals surface area contributed by atoms with Gasteiger partial charge in [-0.15, -0.1) is 0 Å². The van der Waals surface area contributed by atoms with E-state index in [-0.39, 0.29) is 13.2 Å². The van der Waals surface area contributed by atoms with Crippen LogP contribution in [0.5, 0.6) is 0 Å². The molecule has 0 amide bonds. The zero-order valence-corrected chi connectivity index (χ0v) is 18.7. The van der Waals surface area contributed by atoms with E-state index >= 15 is 0 Å². The average molecular weight is 518 g/mol. The second kappa shape index (κ2) is 9.75. The highest BCUT2D eigenvalue weighted by molar-refractivity contribution is 5.50. The fraction of sp³-hybridized carbons (Fsp3) is 0.450. The number of alkyl halides is 6. The standard InChI is InChI=1S/C20H20F6N8O2/c1-11(30-14-5-29-31-18(35)17(14)20(24,25)26)9-36-10-12-4-13-8-33(2-3-34(13)32-12)16-7-27-15(6-28-16)19(21,22)23/h4-7,11H,2-3,8-10H2,1H3,(H2,30,31,35)/t11-/m0/s1. The van der Waals surface area contributed by atoms with Gasteiger partial charge in [0.15, 0.2) is 5.69 Å². The lowest BCUT2D eigenvalue weighted by Gasteiger charge is -2.28. The van der Waals surface area contributed by atoms with E-state index in [9.17, 15) is 31.1 Å². The van der Waals surface area contributed by atoms with Gasteiger partial charge in [-0.05, 0) is 13.0 Å². The number of hydrogen-bond acceptors (Lipinski definition) is 8. The first-order chi connectivity index (χ1) is 16.9. The molecule has 3 aromatic rings. The molecule has 16 heteroatoms. The monoisotopic (exact) mass is 518 g/mol. The summed E-state index contributed by atoms with van der Waals surface area (Å²) in [7, 11) is 0. The Labute approximate surface area is 199 Å². The smallest absolute Gasteiger partial charge is 0.378 e. The van der Waals surface area contributed by atoms with Crippen molar-refractivity contribution in [3.8, 4) is 0 Å². The molecule has 0 saturated carbocycles. The minimum Gasteiger partial charge on any atom is -0.378 e. The van der Waals surface area contributed by atoms with Gasteiger partial charge in [0.05, 0.1) is 62.0 Å². The fourth-order valence-electron chi connectivity index (χ4n) is 3.66. The second-order valence-corrected chi connectivity index (χ2v) is 8.08. The highest BCUT2D eigenvalue weighted by Gasteiger charge is 2.37. The van der Waals surface area contributed by atoms with Gasteiger partial charge in [0, 0.05) is 12.6 Å². The molecule has 10 nitrogen and oxygen atoms in total. The highest BCUT2D eigenvalue weighted by Crippen LogP contribution is 2.31. The number of aromatic amines is 1. The number of rotatable bonds is 7. The molecule has 4 heterocycles. The van der Waals surface area contributed by atoms with Crippen molar-refractivity contribution in [2.75, 3.05) is 23.4 Å². The topological polar surface area (TPSA) is 114 Å². The lowest BCUT2D eigenvalue weighted by atomic mass is 10.2. The fourth-order valence-corrected chi connectivity index (χ4v) is 3.66. The van der Waals surface area contributed by atoms with E-state index in [0.717, 1.165) is 18.1 Å². The molecule has 0 aromatic carbocycles. The number of nitrogens with one attached hydrogen (secondary N) is 2. The van der Waals surface area contributed by atoms with Gasteiger partial charge >= 0.3 is 12.4 Å². The number of fused-ring (bicyclic) bond motifs is 1. The first kappa shape index (κ1) is 25.4. The number of nitrogens with zero attached hydrogens (tertiary/aromatic N) is 6. The molecule has 4 rings (SSSR count). The quantitative estimate of drug-likeness (QED) is 0.459. The van der Waals surface area contributed by atoms with Gasteiger partial charge in [-0.2, -0.15) is 36.5 Å². The van der Waals surface area contributed by atoms with Gasteiger partial charge < -0.3 is 15.0 Å². The Balaban J connectivity index is 1.32.